The van der Waals surface area contributed by atoms with E-state index in [1.165, 1.54) is 29.0 Å². The van der Waals surface area contributed by atoms with Crippen molar-refractivity contribution in [3.8, 4) is 0 Å². The Morgan fingerprint density at radius 2 is 1.85 bits per heavy atom. The monoisotopic (exact) mass is 381 g/mol. The molecular weight excluding hydrogens is 358 g/mol. The van der Waals surface area contributed by atoms with E-state index in [0.717, 1.165) is 0 Å². The van der Waals surface area contributed by atoms with E-state index in [9.17, 15) is 18.0 Å². The molecule has 26 heavy (non-hydrogen) atoms. The van der Waals surface area contributed by atoms with Crippen LogP contribution in [0.15, 0.2) is 57.1 Å². The minimum atomic E-state index is -3.62. The van der Waals surface area contributed by atoms with Gasteiger partial charge >= 0.3 is 5.69 Å². The Morgan fingerprint density at radius 1 is 1.15 bits per heavy atom. The molecule has 2 N–H and O–H groups in total. The number of H-pyrrole nitrogens is 1. The highest BCUT2D eigenvalue weighted by atomic mass is 32.2. The predicted molar refractivity (Wildman–Crippen MR) is 97.6 cm³/mol. The number of nitrogens with zero attached hydrogens (tertiary/aromatic N) is 1. The molecule has 2 rings (SSSR count). The molecule has 0 radical (unpaired) electrons. The third kappa shape index (κ3) is 5.94. The number of hydrogen-bond donors (Lipinski definition) is 2. The van der Waals surface area contributed by atoms with Crippen LogP contribution in [0.25, 0.3) is 0 Å². The number of aromatic nitrogens is 2. The van der Waals surface area contributed by atoms with Crippen molar-refractivity contribution in [3.05, 3.63) is 63.4 Å². The summed E-state index contributed by atoms with van der Waals surface area (Å²) in [6.45, 7) is 4.40. The summed E-state index contributed by atoms with van der Waals surface area (Å²) < 4.78 is 34.3. The lowest BCUT2D eigenvalue weighted by Crippen LogP contribution is -2.46. The summed E-state index contributed by atoms with van der Waals surface area (Å²) in [5, 5.41) is 0. The van der Waals surface area contributed by atoms with Crippen molar-refractivity contribution in [2.45, 2.75) is 37.2 Å². The standard InChI is InChI=1S/C17H23N3O5S/c1-17(2,19-26(23,24)14-7-4-3-5-8-14)13-25-12-6-10-20-11-9-15(21)18-16(20)22/h3-5,7-9,11,19H,6,10,12-13H2,1-2H3,(H,18,21,22). The summed E-state index contributed by atoms with van der Waals surface area (Å²) in [5.74, 6) is 0. The maximum absolute atomic E-state index is 12.4. The number of hydrogen-bond acceptors (Lipinski definition) is 5. The summed E-state index contributed by atoms with van der Waals surface area (Å²) in [6.07, 6.45) is 1.98. The zero-order valence-electron chi connectivity index (χ0n) is 14.8. The number of aryl methyl sites for hydroxylation is 1. The van der Waals surface area contributed by atoms with Gasteiger partial charge in [0.05, 0.1) is 17.0 Å². The van der Waals surface area contributed by atoms with E-state index >= 15 is 0 Å². The van der Waals surface area contributed by atoms with Crippen LogP contribution >= 0.6 is 0 Å². The van der Waals surface area contributed by atoms with Crippen molar-refractivity contribution in [2.75, 3.05) is 13.2 Å². The first-order chi connectivity index (χ1) is 12.2. The van der Waals surface area contributed by atoms with Crippen LogP contribution in [0.1, 0.15) is 20.3 Å². The third-order valence-corrected chi connectivity index (χ3v) is 5.23. The summed E-state index contributed by atoms with van der Waals surface area (Å²) in [7, 11) is -3.62. The van der Waals surface area contributed by atoms with Gasteiger partial charge in [-0.05, 0) is 32.4 Å². The van der Waals surface area contributed by atoms with Crippen LogP contribution in [-0.4, -0.2) is 36.7 Å². The van der Waals surface area contributed by atoms with E-state index in [0.29, 0.717) is 19.6 Å². The Bertz CT molecular complexity index is 933. The van der Waals surface area contributed by atoms with Crippen LogP contribution in [-0.2, 0) is 21.3 Å². The van der Waals surface area contributed by atoms with Crippen molar-refractivity contribution in [2.24, 2.45) is 0 Å². The van der Waals surface area contributed by atoms with Gasteiger partial charge in [0.15, 0.2) is 0 Å². The molecule has 0 bridgehead atoms. The summed E-state index contributed by atoms with van der Waals surface area (Å²) in [4.78, 5) is 24.9. The molecule has 0 amide bonds. The fourth-order valence-corrected chi connectivity index (χ4v) is 3.76. The first kappa shape index (κ1) is 20.1. The van der Waals surface area contributed by atoms with Gasteiger partial charge in [0.2, 0.25) is 10.0 Å². The second-order valence-electron chi connectivity index (χ2n) is 6.51. The molecule has 0 aliphatic rings. The number of sulfonamides is 1. The van der Waals surface area contributed by atoms with Crippen LogP contribution < -0.4 is 16.0 Å². The number of ether oxygens (including phenoxy) is 1. The van der Waals surface area contributed by atoms with Gasteiger partial charge in [-0.2, -0.15) is 0 Å². The molecule has 1 heterocycles. The van der Waals surface area contributed by atoms with Crippen LogP contribution in [0.3, 0.4) is 0 Å². The Morgan fingerprint density at radius 3 is 2.50 bits per heavy atom. The zero-order valence-corrected chi connectivity index (χ0v) is 15.6. The lowest BCUT2D eigenvalue weighted by Gasteiger charge is -2.25. The highest BCUT2D eigenvalue weighted by molar-refractivity contribution is 7.89. The Balaban J connectivity index is 1.81. The van der Waals surface area contributed by atoms with Gasteiger partial charge in [-0.1, -0.05) is 18.2 Å². The van der Waals surface area contributed by atoms with Gasteiger partial charge in [-0.15, -0.1) is 0 Å². The van der Waals surface area contributed by atoms with Gasteiger partial charge in [-0.3, -0.25) is 9.78 Å². The average molecular weight is 381 g/mol. The predicted octanol–water partition coefficient (Wildman–Crippen LogP) is 0.700. The molecule has 1 aromatic heterocycles. The third-order valence-electron chi connectivity index (χ3n) is 3.51. The Hall–Kier alpha value is -2.23. The number of rotatable bonds is 9. The molecular formula is C17H23N3O5S. The van der Waals surface area contributed by atoms with E-state index in [4.69, 9.17) is 4.74 Å². The summed E-state index contributed by atoms with van der Waals surface area (Å²) in [5.41, 5.74) is -1.69. The largest absolute Gasteiger partial charge is 0.379 e. The maximum atomic E-state index is 12.4. The van der Waals surface area contributed by atoms with Crippen LogP contribution in [0, 0.1) is 0 Å². The molecule has 0 spiro atoms. The lowest BCUT2D eigenvalue weighted by molar-refractivity contribution is 0.0872. The summed E-state index contributed by atoms with van der Waals surface area (Å²) in [6, 6.07) is 9.42. The second-order valence-corrected chi connectivity index (χ2v) is 8.19. The van der Waals surface area contributed by atoms with Gasteiger partial charge in [0, 0.05) is 25.4 Å². The Labute approximate surface area is 151 Å². The smallest absolute Gasteiger partial charge is 0.328 e. The van der Waals surface area contributed by atoms with E-state index in [1.807, 2.05) is 0 Å². The van der Waals surface area contributed by atoms with Crippen LogP contribution in [0.2, 0.25) is 0 Å². The lowest BCUT2D eigenvalue weighted by atomic mass is 10.1. The molecule has 0 aliphatic carbocycles. The van der Waals surface area contributed by atoms with Crippen molar-refractivity contribution in [1.29, 1.82) is 0 Å². The van der Waals surface area contributed by atoms with Gasteiger partial charge in [-0.25, -0.2) is 17.9 Å². The SMILES string of the molecule is CC(C)(COCCCn1ccc(=O)[nH]c1=O)NS(=O)(=O)c1ccccc1. The average Bonchev–Trinajstić information content (AvgIpc) is 2.56. The van der Waals surface area contributed by atoms with Crippen molar-refractivity contribution >= 4 is 10.0 Å². The molecule has 8 nitrogen and oxygen atoms in total. The molecule has 9 heteroatoms. The molecule has 142 valence electrons. The van der Waals surface area contributed by atoms with E-state index in [1.54, 1.807) is 32.0 Å². The highest BCUT2D eigenvalue weighted by Gasteiger charge is 2.26. The molecule has 0 atom stereocenters. The van der Waals surface area contributed by atoms with Crippen molar-refractivity contribution in [3.63, 3.8) is 0 Å². The molecule has 0 fully saturated rings. The molecule has 0 saturated carbocycles. The molecule has 1 aromatic carbocycles. The van der Waals surface area contributed by atoms with Crippen molar-refractivity contribution in [1.82, 2.24) is 14.3 Å². The minimum absolute atomic E-state index is 0.180. The van der Waals surface area contributed by atoms with E-state index in [2.05, 4.69) is 9.71 Å². The number of aromatic amines is 1. The van der Waals surface area contributed by atoms with Crippen LogP contribution in [0.4, 0.5) is 0 Å². The minimum Gasteiger partial charge on any atom is -0.379 e. The molecule has 0 aliphatic heterocycles. The van der Waals surface area contributed by atoms with Crippen molar-refractivity contribution < 1.29 is 13.2 Å². The number of benzene rings is 1. The van der Waals surface area contributed by atoms with Gasteiger partial charge in [0.25, 0.3) is 5.56 Å². The Kier molecular flexibility index (Phi) is 6.52. The van der Waals surface area contributed by atoms with E-state index in [-0.39, 0.29) is 11.5 Å². The maximum Gasteiger partial charge on any atom is 0.328 e. The van der Waals surface area contributed by atoms with E-state index < -0.39 is 26.8 Å². The normalized spacial score (nSPS) is 12.2. The van der Waals surface area contributed by atoms with Crippen LogP contribution in [0.5, 0.6) is 0 Å². The second kappa shape index (κ2) is 8.43. The molecule has 0 unspecified atom stereocenters. The van der Waals surface area contributed by atoms with Gasteiger partial charge in [0.1, 0.15) is 0 Å². The molecule has 0 saturated heterocycles. The fraction of sp³-hybridized carbons (Fsp3) is 0.412. The highest BCUT2D eigenvalue weighted by Crippen LogP contribution is 2.13. The molecule has 2 aromatic rings. The number of nitrogens with one attached hydrogen (secondary N) is 2. The zero-order chi connectivity index (χ0) is 19.2. The fourth-order valence-electron chi connectivity index (χ4n) is 2.34. The summed E-state index contributed by atoms with van der Waals surface area (Å²) >= 11 is 0. The topological polar surface area (TPSA) is 110 Å². The van der Waals surface area contributed by atoms with Gasteiger partial charge < -0.3 is 9.30 Å². The first-order valence-corrected chi connectivity index (χ1v) is 9.64. The quantitative estimate of drug-likeness (QED) is 0.621. The first-order valence-electron chi connectivity index (χ1n) is 8.16.